The van der Waals surface area contributed by atoms with E-state index in [1.165, 1.54) is 20.0 Å². The van der Waals surface area contributed by atoms with Crippen LogP contribution in [0.1, 0.15) is 32.6 Å². The quantitative estimate of drug-likeness (QED) is 0.487. The van der Waals surface area contributed by atoms with E-state index in [1.807, 2.05) is 18.7 Å². The Balaban J connectivity index is 2.25. The Morgan fingerprint density at radius 2 is 2.11 bits per heavy atom. The van der Waals surface area contributed by atoms with E-state index in [9.17, 15) is 4.79 Å². The molecule has 1 N–H and O–H groups in total. The second-order valence-electron chi connectivity index (χ2n) is 4.95. The number of hydrogen-bond donors (Lipinski definition) is 1. The first-order chi connectivity index (χ1) is 8.62. The number of ether oxygens (including phenoxy) is 2. The molecule has 0 bridgehead atoms. The minimum absolute atomic E-state index is 0.146. The van der Waals surface area contributed by atoms with Gasteiger partial charge in [-0.05, 0) is 44.1 Å². The third-order valence-corrected chi connectivity index (χ3v) is 4.19. The Morgan fingerprint density at radius 3 is 2.67 bits per heavy atom. The standard InChI is InChI=1S/C13H25NO3S/c1-13(12(15)17-3,14-11-5-6-11)7-10-18-9-4-8-16-2/h11,14H,4-10H2,1-3H3. The lowest BCUT2D eigenvalue weighted by Gasteiger charge is -2.28. The Morgan fingerprint density at radius 1 is 1.39 bits per heavy atom. The summed E-state index contributed by atoms with van der Waals surface area (Å²) in [7, 11) is 3.18. The molecule has 1 saturated carbocycles. The molecule has 0 saturated heterocycles. The van der Waals surface area contributed by atoms with Gasteiger partial charge in [0, 0.05) is 19.8 Å². The number of nitrogens with one attached hydrogen (secondary N) is 1. The molecule has 106 valence electrons. The number of rotatable bonds is 10. The SMILES string of the molecule is COCCCSCCC(C)(NC1CC1)C(=O)OC. The fourth-order valence-corrected chi connectivity index (χ4v) is 2.90. The number of carbonyl (C=O) groups is 1. The van der Waals surface area contributed by atoms with E-state index < -0.39 is 5.54 Å². The molecule has 1 aliphatic rings. The molecule has 4 nitrogen and oxygen atoms in total. The molecule has 1 atom stereocenters. The summed E-state index contributed by atoms with van der Waals surface area (Å²) in [6.07, 6.45) is 4.22. The summed E-state index contributed by atoms with van der Waals surface area (Å²) >= 11 is 1.87. The van der Waals surface area contributed by atoms with Crippen LogP contribution in [0, 0.1) is 0 Å². The van der Waals surface area contributed by atoms with Crippen molar-refractivity contribution in [2.24, 2.45) is 0 Å². The highest BCUT2D eigenvalue weighted by atomic mass is 32.2. The summed E-state index contributed by atoms with van der Waals surface area (Å²) in [6.45, 7) is 2.76. The van der Waals surface area contributed by atoms with Gasteiger partial charge in [-0.2, -0.15) is 11.8 Å². The Bertz CT molecular complexity index is 259. The topological polar surface area (TPSA) is 47.6 Å². The molecule has 0 spiro atoms. The van der Waals surface area contributed by atoms with Gasteiger partial charge in [0.15, 0.2) is 0 Å². The van der Waals surface area contributed by atoms with Crippen LogP contribution in [0.15, 0.2) is 0 Å². The monoisotopic (exact) mass is 275 g/mol. The lowest BCUT2D eigenvalue weighted by atomic mass is 9.99. The molecule has 1 aliphatic carbocycles. The maximum atomic E-state index is 11.8. The van der Waals surface area contributed by atoms with E-state index >= 15 is 0 Å². The zero-order chi connectivity index (χ0) is 13.4. The molecule has 1 unspecified atom stereocenters. The zero-order valence-electron chi connectivity index (χ0n) is 11.7. The van der Waals surface area contributed by atoms with E-state index in [4.69, 9.17) is 9.47 Å². The van der Waals surface area contributed by atoms with Gasteiger partial charge in [0.25, 0.3) is 0 Å². The molecule has 0 aliphatic heterocycles. The average Bonchev–Trinajstić information content (AvgIpc) is 3.16. The van der Waals surface area contributed by atoms with Crippen LogP contribution in [-0.2, 0) is 14.3 Å². The highest BCUT2D eigenvalue weighted by molar-refractivity contribution is 7.99. The van der Waals surface area contributed by atoms with Crippen LogP contribution in [0.4, 0.5) is 0 Å². The second-order valence-corrected chi connectivity index (χ2v) is 6.18. The van der Waals surface area contributed by atoms with Crippen molar-refractivity contribution in [1.29, 1.82) is 0 Å². The molecule has 18 heavy (non-hydrogen) atoms. The highest BCUT2D eigenvalue weighted by Gasteiger charge is 2.38. The fraction of sp³-hybridized carbons (Fsp3) is 0.923. The molecule has 0 heterocycles. The van der Waals surface area contributed by atoms with Crippen molar-refractivity contribution < 1.29 is 14.3 Å². The maximum Gasteiger partial charge on any atom is 0.325 e. The predicted molar refractivity (Wildman–Crippen MR) is 75.0 cm³/mol. The molecule has 1 fully saturated rings. The summed E-state index contributed by atoms with van der Waals surface area (Å²) in [5.74, 6) is 1.90. The first kappa shape index (κ1) is 15.8. The van der Waals surface area contributed by atoms with Crippen molar-refractivity contribution in [3.05, 3.63) is 0 Å². The minimum atomic E-state index is -0.524. The van der Waals surface area contributed by atoms with Crippen LogP contribution < -0.4 is 5.32 Å². The fourth-order valence-electron chi connectivity index (χ4n) is 1.82. The molecule has 5 heteroatoms. The Kier molecular flexibility index (Phi) is 7.04. The van der Waals surface area contributed by atoms with Crippen LogP contribution in [0.2, 0.25) is 0 Å². The van der Waals surface area contributed by atoms with Crippen molar-refractivity contribution in [3.8, 4) is 0 Å². The summed E-state index contributed by atoms with van der Waals surface area (Å²) < 4.78 is 9.91. The first-order valence-electron chi connectivity index (χ1n) is 6.55. The lowest BCUT2D eigenvalue weighted by Crippen LogP contribution is -2.51. The molecular weight excluding hydrogens is 250 g/mol. The molecule has 0 amide bonds. The van der Waals surface area contributed by atoms with Gasteiger partial charge in [-0.25, -0.2) is 0 Å². The highest BCUT2D eigenvalue weighted by Crippen LogP contribution is 2.25. The van der Waals surface area contributed by atoms with Crippen molar-refractivity contribution in [2.75, 3.05) is 32.3 Å². The second kappa shape index (κ2) is 8.02. The van der Waals surface area contributed by atoms with E-state index in [2.05, 4.69) is 5.32 Å². The molecule has 0 aromatic heterocycles. The number of methoxy groups -OCH3 is 2. The molecule has 0 aromatic carbocycles. The van der Waals surface area contributed by atoms with Crippen molar-refractivity contribution in [1.82, 2.24) is 5.32 Å². The van der Waals surface area contributed by atoms with Crippen LogP contribution >= 0.6 is 11.8 Å². The van der Waals surface area contributed by atoms with E-state index in [0.29, 0.717) is 6.04 Å². The molecule has 0 aromatic rings. The van der Waals surface area contributed by atoms with E-state index in [1.54, 1.807) is 7.11 Å². The van der Waals surface area contributed by atoms with Crippen molar-refractivity contribution >= 4 is 17.7 Å². The summed E-state index contributed by atoms with van der Waals surface area (Å²) in [6, 6.07) is 0.507. The van der Waals surface area contributed by atoms with Gasteiger partial charge in [0.05, 0.1) is 7.11 Å². The number of thioether (sulfide) groups is 1. The normalized spacial score (nSPS) is 18.4. The zero-order valence-corrected chi connectivity index (χ0v) is 12.5. The Labute approximate surface area is 114 Å². The molecular formula is C13H25NO3S. The van der Waals surface area contributed by atoms with Gasteiger partial charge in [0.1, 0.15) is 5.54 Å². The molecule has 0 radical (unpaired) electrons. The number of carbonyl (C=O) groups excluding carboxylic acids is 1. The minimum Gasteiger partial charge on any atom is -0.468 e. The van der Waals surface area contributed by atoms with E-state index in [0.717, 1.165) is 31.0 Å². The third-order valence-electron chi connectivity index (χ3n) is 3.12. The van der Waals surface area contributed by atoms with Crippen LogP contribution in [0.5, 0.6) is 0 Å². The summed E-state index contributed by atoms with van der Waals surface area (Å²) in [4.78, 5) is 11.8. The summed E-state index contributed by atoms with van der Waals surface area (Å²) in [5, 5.41) is 3.41. The van der Waals surface area contributed by atoms with Crippen molar-refractivity contribution in [2.45, 2.75) is 44.2 Å². The predicted octanol–water partition coefficient (Wildman–Crippen LogP) is 1.83. The maximum absolute atomic E-state index is 11.8. The van der Waals surface area contributed by atoms with Gasteiger partial charge < -0.3 is 9.47 Å². The van der Waals surface area contributed by atoms with E-state index in [-0.39, 0.29) is 5.97 Å². The smallest absolute Gasteiger partial charge is 0.325 e. The Hall–Kier alpha value is -0.260. The van der Waals surface area contributed by atoms with Gasteiger partial charge >= 0.3 is 5.97 Å². The largest absolute Gasteiger partial charge is 0.468 e. The van der Waals surface area contributed by atoms with Gasteiger partial charge in [-0.3, -0.25) is 10.1 Å². The number of hydrogen-bond acceptors (Lipinski definition) is 5. The third kappa shape index (κ3) is 5.59. The van der Waals surface area contributed by atoms with Crippen LogP contribution in [-0.4, -0.2) is 49.9 Å². The number of esters is 1. The van der Waals surface area contributed by atoms with Gasteiger partial charge in [-0.15, -0.1) is 0 Å². The summed E-state index contributed by atoms with van der Waals surface area (Å²) in [5.41, 5.74) is -0.524. The first-order valence-corrected chi connectivity index (χ1v) is 7.70. The average molecular weight is 275 g/mol. The van der Waals surface area contributed by atoms with Gasteiger partial charge in [-0.1, -0.05) is 0 Å². The molecule has 1 rings (SSSR count). The lowest BCUT2D eigenvalue weighted by molar-refractivity contribution is -0.148. The van der Waals surface area contributed by atoms with Gasteiger partial charge in [0.2, 0.25) is 0 Å². The van der Waals surface area contributed by atoms with Crippen LogP contribution in [0.25, 0.3) is 0 Å². The van der Waals surface area contributed by atoms with Crippen molar-refractivity contribution in [3.63, 3.8) is 0 Å². The van der Waals surface area contributed by atoms with Crippen LogP contribution in [0.3, 0.4) is 0 Å².